The molecule has 0 saturated carbocycles. The van der Waals surface area contributed by atoms with Crippen LogP contribution in [0.25, 0.3) is 17.3 Å². The number of amides is 1. The first-order valence-corrected chi connectivity index (χ1v) is 12.7. The van der Waals surface area contributed by atoms with E-state index in [0.717, 1.165) is 16.8 Å². The highest BCUT2D eigenvalue weighted by molar-refractivity contribution is 7.91. The quantitative estimate of drug-likeness (QED) is 0.514. The van der Waals surface area contributed by atoms with Crippen LogP contribution in [-0.4, -0.2) is 38.3 Å². The number of benzene rings is 2. The van der Waals surface area contributed by atoms with Gasteiger partial charge in [-0.15, -0.1) is 11.3 Å². The topological polar surface area (TPSA) is 94.6 Å². The van der Waals surface area contributed by atoms with Gasteiger partial charge in [-0.25, -0.2) is 13.4 Å². The van der Waals surface area contributed by atoms with Gasteiger partial charge >= 0.3 is 0 Å². The maximum Gasteiger partial charge on any atom is 0.250 e. The van der Waals surface area contributed by atoms with Crippen molar-refractivity contribution in [3.05, 3.63) is 59.5 Å². The number of carbonyl (C=O) groups excluding carboxylic acids is 1. The van der Waals surface area contributed by atoms with Crippen molar-refractivity contribution in [2.24, 2.45) is 0 Å². The lowest BCUT2D eigenvalue weighted by Crippen LogP contribution is -2.15. The van der Waals surface area contributed by atoms with E-state index >= 15 is 0 Å². The summed E-state index contributed by atoms with van der Waals surface area (Å²) < 4.78 is 35.3. The second kappa shape index (κ2) is 9.54. The van der Waals surface area contributed by atoms with Crippen molar-refractivity contribution in [2.45, 2.75) is 18.2 Å². The summed E-state index contributed by atoms with van der Waals surface area (Å²) in [7, 11) is -3.25. The Bertz CT molecular complexity index is 1250. The molecule has 4 rings (SSSR count). The first-order valence-electron chi connectivity index (χ1n) is 10.1. The van der Waals surface area contributed by atoms with Crippen molar-refractivity contribution in [1.82, 2.24) is 4.98 Å². The molecule has 32 heavy (non-hydrogen) atoms. The molecule has 1 aromatic heterocycles. The standard InChI is InChI=1S/C23H22N2O5S2/c1-2-13-32(27,28)18-7-3-16(4-8-18)5-10-22(26)25-23-24-19(15-31-23)17-6-9-20-21(14-17)30-12-11-29-20/h3-10,14-15H,2,11-13H2,1H3,(H,24,25,26)/b10-5+. The molecule has 1 aliphatic rings. The summed E-state index contributed by atoms with van der Waals surface area (Å²) in [6.07, 6.45) is 3.58. The fourth-order valence-corrected chi connectivity index (χ4v) is 5.20. The minimum Gasteiger partial charge on any atom is -0.486 e. The maximum atomic E-state index is 12.3. The molecule has 0 fully saturated rings. The van der Waals surface area contributed by atoms with Gasteiger partial charge in [0, 0.05) is 17.0 Å². The highest BCUT2D eigenvalue weighted by atomic mass is 32.2. The fourth-order valence-electron chi connectivity index (χ4n) is 3.16. The lowest BCUT2D eigenvalue weighted by molar-refractivity contribution is -0.111. The van der Waals surface area contributed by atoms with Gasteiger partial charge in [0.1, 0.15) is 13.2 Å². The van der Waals surface area contributed by atoms with Gasteiger partial charge in [-0.05, 0) is 48.4 Å². The Balaban J connectivity index is 1.39. The van der Waals surface area contributed by atoms with Gasteiger partial charge in [-0.3, -0.25) is 10.1 Å². The van der Waals surface area contributed by atoms with E-state index in [1.165, 1.54) is 17.4 Å². The number of thiazole rings is 1. The third-order valence-electron chi connectivity index (χ3n) is 4.71. The number of hydrogen-bond acceptors (Lipinski definition) is 7. The molecule has 1 N–H and O–H groups in total. The van der Waals surface area contributed by atoms with Crippen LogP contribution in [-0.2, 0) is 14.6 Å². The lowest BCUT2D eigenvalue weighted by Gasteiger charge is -2.18. The van der Waals surface area contributed by atoms with Gasteiger partial charge in [0.2, 0.25) is 5.91 Å². The summed E-state index contributed by atoms with van der Waals surface area (Å²) in [5.41, 5.74) is 2.33. The van der Waals surface area contributed by atoms with Crippen LogP contribution >= 0.6 is 11.3 Å². The minimum absolute atomic E-state index is 0.118. The third-order valence-corrected chi connectivity index (χ3v) is 7.41. The average molecular weight is 471 g/mol. The number of aromatic nitrogens is 1. The van der Waals surface area contributed by atoms with Crippen LogP contribution in [0.3, 0.4) is 0 Å². The average Bonchev–Trinajstić information content (AvgIpc) is 3.26. The smallest absolute Gasteiger partial charge is 0.250 e. The summed E-state index contributed by atoms with van der Waals surface area (Å²) in [5, 5.41) is 5.09. The summed E-state index contributed by atoms with van der Waals surface area (Å²) in [6, 6.07) is 12.1. The zero-order chi connectivity index (χ0) is 22.6. The van der Waals surface area contributed by atoms with E-state index in [-0.39, 0.29) is 16.6 Å². The third kappa shape index (κ3) is 5.17. The van der Waals surface area contributed by atoms with E-state index in [2.05, 4.69) is 10.3 Å². The van der Waals surface area contributed by atoms with Gasteiger partial charge in [-0.2, -0.15) is 0 Å². The SMILES string of the molecule is CCCS(=O)(=O)c1ccc(/C=C/C(=O)Nc2nc(-c3ccc4c(c3)OCCO4)cs2)cc1. The Hall–Kier alpha value is -3.17. The van der Waals surface area contributed by atoms with Crippen molar-refractivity contribution >= 4 is 38.3 Å². The van der Waals surface area contributed by atoms with E-state index in [9.17, 15) is 13.2 Å². The maximum absolute atomic E-state index is 12.3. The van der Waals surface area contributed by atoms with E-state index in [0.29, 0.717) is 36.3 Å². The van der Waals surface area contributed by atoms with Gasteiger partial charge in [0.15, 0.2) is 26.5 Å². The Labute approximate surface area is 190 Å². The van der Waals surface area contributed by atoms with E-state index in [1.807, 2.05) is 30.5 Å². The van der Waals surface area contributed by atoms with Gasteiger partial charge in [0.05, 0.1) is 16.3 Å². The van der Waals surface area contributed by atoms with Crippen molar-refractivity contribution in [3.8, 4) is 22.8 Å². The molecule has 1 amide bonds. The predicted octanol–water partition coefficient (Wildman–Crippen LogP) is 4.42. The molecule has 7 nitrogen and oxygen atoms in total. The number of sulfone groups is 1. The number of fused-ring (bicyclic) bond motifs is 1. The van der Waals surface area contributed by atoms with Crippen LogP contribution in [0.1, 0.15) is 18.9 Å². The molecule has 0 atom stereocenters. The van der Waals surface area contributed by atoms with E-state index < -0.39 is 9.84 Å². The number of rotatable bonds is 7. The monoisotopic (exact) mass is 470 g/mol. The second-order valence-electron chi connectivity index (χ2n) is 7.11. The van der Waals surface area contributed by atoms with Crippen LogP contribution in [0.5, 0.6) is 11.5 Å². The molecule has 0 spiro atoms. The molecule has 0 radical (unpaired) electrons. The molecule has 3 aromatic rings. The second-order valence-corrected chi connectivity index (χ2v) is 10.1. The Morgan fingerprint density at radius 1 is 1.12 bits per heavy atom. The summed E-state index contributed by atoms with van der Waals surface area (Å²) in [5.74, 6) is 1.19. The van der Waals surface area contributed by atoms with Crippen molar-refractivity contribution in [2.75, 3.05) is 24.3 Å². The van der Waals surface area contributed by atoms with Gasteiger partial charge in [0.25, 0.3) is 0 Å². The van der Waals surface area contributed by atoms with Gasteiger partial charge < -0.3 is 9.47 Å². The van der Waals surface area contributed by atoms with Crippen LogP contribution in [0.2, 0.25) is 0 Å². The predicted molar refractivity (Wildman–Crippen MR) is 125 cm³/mol. The Morgan fingerprint density at radius 3 is 2.62 bits per heavy atom. The van der Waals surface area contributed by atoms with Crippen LogP contribution in [0, 0.1) is 0 Å². The molecule has 2 aromatic carbocycles. The molecule has 0 saturated heterocycles. The number of nitrogens with one attached hydrogen (secondary N) is 1. The Kier molecular flexibility index (Phi) is 6.57. The number of hydrogen-bond donors (Lipinski definition) is 1. The molecule has 0 aliphatic carbocycles. The van der Waals surface area contributed by atoms with Crippen molar-refractivity contribution in [1.29, 1.82) is 0 Å². The molecule has 2 heterocycles. The van der Waals surface area contributed by atoms with Crippen LogP contribution < -0.4 is 14.8 Å². The highest BCUT2D eigenvalue weighted by Crippen LogP contribution is 2.35. The molecular weight excluding hydrogens is 448 g/mol. The summed E-state index contributed by atoms with van der Waals surface area (Å²) in [6.45, 7) is 2.88. The number of carbonyl (C=O) groups is 1. The van der Waals surface area contributed by atoms with Gasteiger partial charge in [-0.1, -0.05) is 19.1 Å². The first kappa shape index (κ1) is 22.0. The lowest BCUT2D eigenvalue weighted by atomic mass is 10.1. The van der Waals surface area contributed by atoms with Crippen molar-refractivity contribution in [3.63, 3.8) is 0 Å². The Morgan fingerprint density at radius 2 is 1.88 bits per heavy atom. The van der Waals surface area contributed by atoms with Crippen molar-refractivity contribution < 1.29 is 22.7 Å². The van der Waals surface area contributed by atoms with Crippen LogP contribution in [0.15, 0.2) is 58.8 Å². The summed E-state index contributed by atoms with van der Waals surface area (Å²) >= 11 is 1.33. The fraction of sp³-hybridized carbons (Fsp3) is 0.217. The molecule has 0 bridgehead atoms. The van der Waals surface area contributed by atoms with Crippen LogP contribution in [0.4, 0.5) is 5.13 Å². The molecule has 1 aliphatic heterocycles. The van der Waals surface area contributed by atoms with E-state index in [4.69, 9.17) is 9.47 Å². The number of ether oxygens (including phenoxy) is 2. The number of anilines is 1. The normalized spacial score (nSPS) is 13.3. The first-order chi connectivity index (χ1) is 15.4. The number of nitrogens with zero attached hydrogens (tertiary/aromatic N) is 1. The largest absolute Gasteiger partial charge is 0.486 e. The summed E-state index contributed by atoms with van der Waals surface area (Å²) in [4.78, 5) is 17.0. The zero-order valence-electron chi connectivity index (χ0n) is 17.4. The molecule has 9 heteroatoms. The highest BCUT2D eigenvalue weighted by Gasteiger charge is 2.14. The minimum atomic E-state index is -3.25. The van der Waals surface area contributed by atoms with E-state index in [1.54, 1.807) is 30.3 Å². The zero-order valence-corrected chi connectivity index (χ0v) is 19.0. The molecule has 166 valence electrons. The molecule has 0 unspecified atom stereocenters. The molecular formula is C23H22N2O5S2.